The highest BCUT2D eigenvalue weighted by molar-refractivity contribution is 5.76. The van der Waals surface area contributed by atoms with Crippen molar-refractivity contribution in [2.75, 3.05) is 13.1 Å². The molecule has 0 radical (unpaired) electrons. The van der Waals surface area contributed by atoms with E-state index in [9.17, 15) is 4.79 Å². The molecule has 2 heterocycles. The summed E-state index contributed by atoms with van der Waals surface area (Å²) in [4.78, 5) is 13.4. The molecule has 0 saturated carbocycles. The summed E-state index contributed by atoms with van der Waals surface area (Å²) in [5.41, 5.74) is 0. The first-order chi connectivity index (χ1) is 7.79. The molecule has 1 aromatic heterocycles. The van der Waals surface area contributed by atoms with Crippen molar-refractivity contribution in [1.29, 1.82) is 0 Å². The first-order valence-corrected chi connectivity index (χ1v) is 5.83. The average Bonchev–Trinajstić information content (AvgIpc) is 2.96. The Balaban J connectivity index is 1.75. The number of carbonyl (C=O) groups is 1. The van der Waals surface area contributed by atoms with Crippen LogP contribution in [0.2, 0.25) is 0 Å². The number of likely N-dealkylation sites (tertiary alicyclic amines) is 1. The normalized spacial score (nSPS) is 20.3. The van der Waals surface area contributed by atoms with Gasteiger partial charge in [-0.3, -0.25) is 4.79 Å². The van der Waals surface area contributed by atoms with Crippen molar-refractivity contribution in [3.8, 4) is 0 Å². The smallest absolute Gasteiger partial charge is 0.222 e. The molecule has 0 spiro atoms. The second kappa shape index (κ2) is 5.16. The van der Waals surface area contributed by atoms with Crippen LogP contribution in [-0.2, 0) is 11.3 Å². The summed E-state index contributed by atoms with van der Waals surface area (Å²) in [6.45, 7) is 4.35. The molecule has 88 valence electrons. The van der Waals surface area contributed by atoms with Crippen LogP contribution < -0.4 is 5.32 Å². The minimum Gasteiger partial charge on any atom is -0.468 e. The number of hydrogen-bond acceptors (Lipinski definition) is 3. The van der Waals surface area contributed by atoms with E-state index in [1.54, 1.807) is 6.26 Å². The zero-order valence-corrected chi connectivity index (χ0v) is 9.61. The van der Waals surface area contributed by atoms with E-state index in [0.717, 1.165) is 31.8 Å². The van der Waals surface area contributed by atoms with E-state index in [0.29, 0.717) is 12.5 Å². The monoisotopic (exact) mass is 222 g/mol. The standard InChI is InChI=1S/C12H18N2O2/c1-2-12(15)14-6-5-10(9-14)13-8-11-4-3-7-16-11/h3-4,7,10,13H,2,5-6,8-9H2,1H3. The van der Waals surface area contributed by atoms with Gasteiger partial charge in [0.05, 0.1) is 12.8 Å². The molecule has 1 aliphatic heterocycles. The van der Waals surface area contributed by atoms with Crippen molar-refractivity contribution in [3.63, 3.8) is 0 Å². The number of nitrogens with one attached hydrogen (secondary N) is 1. The number of furan rings is 1. The van der Waals surface area contributed by atoms with Crippen LogP contribution in [0.3, 0.4) is 0 Å². The molecule has 1 saturated heterocycles. The van der Waals surface area contributed by atoms with Gasteiger partial charge in [0.25, 0.3) is 0 Å². The zero-order chi connectivity index (χ0) is 11.4. The van der Waals surface area contributed by atoms with Crippen molar-refractivity contribution in [3.05, 3.63) is 24.2 Å². The summed E-state index contributed by atoms with van der Waals surface area (Å²) in [5, 5.41) is 3.41. The Bertz CT molecular complexity index is 335. The van der Waals surface area contributed by atoms with Gasteiger partial charge < -0.3 is 14.6 Å². The fraction of sp³-hybridized carbons (Fsp3) is 0.583. The van der Waals surface area contributed by atoms with Crippen molar-refractivity contribution in [2.24, 2.45) is 0 Å². The third-order valence-electron chi connectivity index (χ3n) is 2.99. The summed E-state index contributed by atoms with van der Waals surface area (Å²) in [6.07, 6.45) is 3.32. The van der Waals surface area contributed by atoms with E-state index in [4.69, 9.17) is 4.42 Å². The molecule has 1 aromatic rings. The van der Waals surface area contributed by atoms with Gasteiger partial charge in [-0.2, -0.15) is 0 Å². The van der Waals surface area contributed by atoms with Crippen LogP contribution in [0, 0.1) is 0 Å². The first kappa shape index (κ1) is 11.2. The van der Waals surface area contributed by atoms with E-state index in [2.05, 4.69) is 5.32 Å². The highest BCUT2D eigenvalue weighted by Crippen LogP contribution is 2.11. The Morgan fingerprint density at radius 1 is 1.69 bits per heavy atom. The van der Waals surface area contributed by atoms with E-state index >= 15 is 0 Å². The van der Waals surface area contributed by atoms with Crippen molar-refractivity contribution < 1.29 is 9.21 Å². The fourth-order valence-corrected chi connectivity index (χ4v) is 2.04. The molecule has 0 bridgehead atoms. The maximum atomic E-state index is 11.5. The lowest BCUT2D eigenvalue weighted by atomic mass is 10.2. The molecule has 1 atom stereocenters. The molecule has 4 nitrogen and oxygen atoms in total. The number of nitrogens with zero attached hydrogens (tertiary/aromatic N) is 1. The van der Waals surface area contributed by atoms with Gasteiger partial charge in [-0.05, 0) is 18.6 Å². The third-order valence-corrected chi connectivity index (χ3v) is 2.99. The summed E-state index contributed by atoms with van der Waals surface area (Å²) in [7, 11) is 0. The second-order valence-electron chi connectivity index (χ2n) is 4.14. The van der Waals surface area contributed by atoms with Crippen molar-refractivity contribution >= 4 is 5.91 Å². The van der Waals surface area contributed by atoms with Crippen LogP contribution in [-0.4, -0.2) is 29.9 Å². The van der Waals surface area contributed by atoms with Gasteiger partial charge in [0.1, 0.15) is 5.76 Å². The van der Waals surface area contributed by atoms with Crippen LogP contribution in [0.25, 0.3) is 0 Å². The summed E-state index contributed by atoms with van der Waals surface area (Å²) >= 11 is 0. The number of carbonyl (C=O) groups excluding carboxylic acids is 1. The highest BCUT2D eigenvalue weighted by atomic mass is 16.3. The average molecular weight is 222 g/mol. The van der Waals surface area contributed by atoms with E-state index < -0.39 is 0 Å². The SMILES string of the molecule is CCC(=O)N1CCC(NCc2ccco2)C1. The van der Waals surface area contributed by atoms with Gasteiger partial charge >= 0.3 is 0 Å². The lowest BCUT2D eigenvalue weighted by Crippen LogP contribution is -2.34. The second-order valence-corrected chi connectivity index (χ2v) is 4.14. The van der Waals surface area contributed by atoms with Crippen LogP contribution in [0.4, 0.5) is 0 Å². The molecule has 1 N–H and O–H groups in total. The summed E-state index contributed by atoms with van der Waals surface area (Å²) in [6, 6.07) is 4.25. The summed E-state index contributed by atoms with van der Waals surface area (Å²) < 4.78 is 5.25. The maximum Gasteiger partial charge on any atom is 0.222 e. The molecule has 1 unspecified atom stereocenters. The van der Waals surface area contributed by atoms with E-state index in [-0.39, 0.29) is 5.91 Å². The van der Waals surface area contributed by atoms with E-state index in [1.807, 2.05) is 24.0 Å². The molecule has 0 aliphatic carbocycles. The van der Waals surface area contributed by atoms with Crippen LogP contribution in [0.1, 0.15) is 25.5 Å². The molecule has 4 heteroatoms. The van der Waals surface area contributed by atoms with Gasteiger partial charge in [-0.15, -0.1) is 0 Å². The lowest BCUT2D eigenvalue weighted by molar-refractivity contribution is -0.129. The van der Waals surface area contributed by atoms with Crippen LogP contribution in [0.15, 0.2) is 22.8 Å². The molecule has 1 fully saturated rings. The van der Waals surface area contributed by atoms with Gasteiger partial charge in [-0.1, -0.05) is 6.92 Å². The molecule has 16 heavy (non-hydrogen) atoms. The Labute approximate surface area is 95.6 Å². The van der Waals surface area contributed by atoms with E-state index in [1.165, 1.54) is 0 Å². The summed E-state index contributed by atoms with van der Waals surface area (Å²) in [5.74, 6) is 1.20. The fourth-order valence-electron chi connectivity index (χ4n) is 2.04. The molecule has 2 rings (SSSR count). The number of amides is 1. The van der Waals surface area contributed by atoms with Gasteiger partial charge in [0.2, 0.25) is 5.91 Å². The molecule has 0 aromatic carbocycles. The van der Waals surface area contributed by atoms with Crippen molar-refractivity contribution in [1.82, 2.24) is 10.2 Å². The minimum absolute atomic E-state index is 0.252. The molecular weight excluding hydrogens is 204 g/mol. The van der Waals surface area contributed by atoms with Crippen molar-refractivity contribution in [2.45, 2.75) is 32.4 Å². The van der Waals surface area contributed by atoms with Gasteiger partial charge in [0.15, 0.2) is 0 Å². The van der Waals surface area contributed by atoms with Crippen LogP contribution >= 0.6 is 0 Å². The number of hydrogen-bond donors (Lipinski definition) is 1. The topological polar surface area (TPSA) is 45.5 Å². The maximum absolute atomic E-state index is 11.5. The zero-order valence-electron chi connectivity index (χ0n) is 9.61. The molecule has 1 aliphatic rings. The Kier molecular flexibility index (Phi) is 3.62. The van der Waals surface area contributed by atoms with Crippen LogP contribution in [0.5, 0.6) is 0 Å². The predicted molar refractivity (Wildman–Crippen MR) is 60.8 cm³/mol. The largest absolute Gasteiger partial charge is 0.468 e. The Hall–Kier alpha value is -1.29. The first-order valence-electron chi connectivity index (χ1n) is 5.83. The Morgan fingerprint density at radius 3 is 3.25 bits per heavy atom. The minimum atomic E-state index is 0.252. The number of rotatable bonds is 4. The third kappa shape index (κ3) is 2.64. The Morgan fingerprint density at radius 2 is 2.56 bits per heavy atom. The van der Waals surface area contributed by atoms with Gasteiger partial charge in [-0.25, -0.2) is 0 Å². The lowest BCUT2D eigenvalue weighted by Gasteiger charge is -2.15. The van der Waals surface area contributed by atoms with Gasteiger partial charge in [0, 0.05) is 25.6 Å². The molecule has 1 amide bonds. The quantitative estimate of drug-likeness (QED) is 0.837. The molecular formula is C12H18N2O2. The highest BCUT2D eigenvalue weighted by Gasteiger charge is 2.24. The predicted octanol–water partition coefficient (Wildman–Crippen LogP) is 1.38.